The van der Waals surface area contributed by atoms with E-state index in [0.29, 0.717) is 0 Å². The Hall–Kier alpha value is -3.77. The predicted molar refractivity (Wildman–Crippen MR) is 162 cm³/mol. The van der Waals surface area contributed by atoms with Crippen molar-refractivity contribution in [2.75, 3.05) is 0 Å². The minimum atomic E-state index is 1.20. The van der Waals surface area contributed by atoms with Crippen LogP contribution in [0.2, 0.25) is 0 Å². The third kappa shape index (κ3) is 3.73. The SMILES string of the molecule is Pc1ccc(-c2ccc3cc(-c4ccc(-c5cccc6c5sc5ccccc56)cc4)ccc3c2)cc1. The van der Waals surface area contributed by atoms with Crippen LogP contribution in [0.25, 0.3) is 64.3 Å². The van der Waals surface area contributed by atoms with Gasteiger partial charge in [0.25, 0.3) is 0 Å². The number of fused-ring (bicyclic) bond motifs is 4. The van der Waals surface area contributed by atoms with Gasteiger partial charge in [-0.1, -0.05) is 109 Å². The molecule has 1 unspecified atom stereocenters. The smallest absolute Gasteiger partial charge is 0.0433 e. The molecule has 0 radical (unpaired) electrons. The summed E-state index contributed by atoms with van der Waals surface area (Å²) in [7, 11) is 2.75. The van der Waals surface area contributed by atoms with Gasteiger partial charge in [-0.2, -0.15) is 0 Å². The fourth-order valence-electron chi connectivity index (χ4n) is 5.10. The van der Waals surface area contributed by atoms with Crippen molar-refractivity contribution in [3.05, 3.63) is 127 Å². The molecular formula is C34H23PS. The predicted octanol–water partition coefficient (Wildman–Crippen LogP) is 9.71. The third-order valence-corrected chi connectivity index (χ3v) is 8.62. The van der Waals surface area contributed by atoms with Crippen molar-refractivity contribution in [3.8, 4) is 33.4 Å². The first kappa shape index (κ1) is 21.5. The van der Waals surface area contributed by atoms with Gasteiger partial charge in [0.1, 0.15) is 0 Å². The minimum Gasteiger partial charge on any atom is -0.135 e. The van der Waals surface area contributed by atoms with Gasteiger partial charge < -0.3 is 0 Å². The molecule has 1 aromatic heterocycles. The second-order valence-electron chi connectivity index (χ2n) is 9.26. The second-order valence-corrected chi connectivity index (χ2v) is 11.0. The molecule has 0 saturated carbocycles. The van der Waals surface area contributed by atoms with Gasteiger partial charge in [0.2, 0.25) is 0 Å². The van der Waals surface area contributed by atoms with Crippen LogP contribution in [0.4, 0.5) is 0 Å². The van der Waals surface area contributed by atoms with Gasteiger partial charge >= 0.3 is 0 Å². The quantitative estimate of drug-likeness (QED) is 0.215. The zero-order chi connectivity index (χ0) is 24.1. The van der Waals surface area contributed by atoms with Gasteiger partial charge in [-0.05, 0) is 67.7 Å². The largest absolute Gasteiger partial charge is 0.135 e. The lowest BCUT2D eigenvalue weighted by atomic mass is 9.96. The minimum absolute atomic E-state index is 1.20. The zero-order valence-corrected chi connectivity index (χ0v) is 21.6. The summed E-state index contributed by atoms with van der Waals surface area (Å²) in [5.41, 5.74) is 7.55. The van der Waals surface area contributed by atoms with E-state index in [0.717, 1.165) is 0 Å². The molecule has 0 N–H and O–H groups in total. The molecule has 7 aromatic rings. The van der Waals surface area contributed by atoms with Crippen LogP contribution in [0, 0.1) is 0 Å². The topological polar surface area (TPSA) is 0 Å². The normalized spacial score (nSPS) is 11.5. The van der Waals surface area contributed by atoms with E-state index in [1.807, 2.05) is 11.3 Å². The van der Waals surface area contributed by atoms with Gasteiger partial charge in [0.05, 0.1) is 0 Å². The van der Waals surface area contributed by atoms with Gasteiger partial charge in [0, 0.05) is 20.2 Å². The molecule has 6 aromatic carbocycles. The Morgan fingerprint density at radius 2 is 1.00 bits per heavy atom. The molecule has 0 aliphatic carbocycles. The van der Waals surface area contributed by atoms with Crippen molar-refractivity contribution >= 4 is 56.8 Å². The number of hydrogen-bond donors (Lipinski definition) is 0. The molecule has 36 heavy (non-hydrogen) atoms. The summed E-state index contributed by atoms with van der Waals surface area (Å²) in [6.07, 6.45) is 0. The maximum absolute atomic E-state index is 2.75. The van der Waals surface area contributed by atoms with Crippen molar-refractivity contribution in [2.45, 2.75) is 0 Å². The molecule has 0 nitrogen and oxygen atoms in total. The molecular weight excluding hydrogens is 471 g/mol. The monoisotopic (exact) mass is 494 g/mol. The first-order chi connectivity index (χ1) is 17.7. The first-order valence-corrected chi connectivity index (χ1v) is 13.5. The van der Waals surface area contributed by atoms with E-state index in [-0.39, 0.29) is 0 Å². The molecule has 170 valence electrons. The van der Waals surface area contributed by atoms with Crippen LogP contribution in [0.3, 0.4) is 0 Å². The van der Waals surface area contributed by atoms with Crippen molar-refractivity contribution in [3.63, 3.8) is 0 Å². The van der Waals surface area contributed by atoms with Crippen molar-refractivity contribution in [1.82, 2.24) is 0 Å². The van der Waals surface area contributed by atoms with Crippen LogP contribution < -0.4 is 5.30 Å². The Bertz CT molecular complexity index is 1880. The molecule has 0 aliphatic heterocycles. The van der Waals surface area contributed by atoms with Gasteiger partial charge in [-0.25, -0.2) is 0 Å². The molecule has 0 amide bonds. The Morgan fingerprint density at radius 1 is 0.444 bits per heavy atom. The fraction of sp³-hybridized carbons (Fsp3) is 0. The molecule has 0 aliphatic rings. The standard InChI is InChI=1S/C34H23PS/c35-29-18-16-23(17-19-29)26-13-15-27-20-25(12-14-28(27)21-26)22-8-10-24(11-9-22)30-5-3-6-32-31-4-1-2-7-33(31)36-34(30)32/h1-21H,35H2. The summed E-state index contributed by atoms with van der Waals surface area (Å²) in [4.78, 5) is 0. The van der Waals surface area contributed by atoms with Gasteiger partial charge in [-0.3, -0.25) is 0 Å². The summed E-state index contributed by atoms with van der Waals surface area (Å²) >= 11 is 1.88. The van der Waals surface area contributed by atoms with Crippen molar-refractivity contribution < 1.29 is 0 Å². The maximum atomic E-state index is 2.75. The fourth-order valence-corrected chi connectivity index (χ4v) is 6.53. The van der Waals surface area contributed by atoms with E-state index in [1.54, 1.807) is 0 Å². The van der Waals surface area contributed by atoms with Crippen LogP contribution in [0.5, 0.6) is 0 Å². The molecule has 1 heterocycles. The number of thiophene rings is 1. The number of hydrogen-bond acceptors (Lipinski definition) is 1. The van der Waals surface area contributed by atoms with Crippen LogP contribution in [0.15, 0.2) is 127 Å². The van der Waals surface area contributed by atoms with Crippen LogP contribution in [-0.4, -0.2) is 0 Å². The summed E-state index contributed by atoms with van der Waals surface area (Å²) in [5.74, 6) is 0. The highest BCUT2D eigenvalue weighted by molar-refractivity contribution is 7.27. The van der Waals surface area contributed by atoms with Crippen molar-refractivity contribution in [2.24, 2.45) is 0 Å². The van der Waals surface area contributed by atoms with E-state index in [9.17, 15) is 0 Å². The van der Waals surface area contributed by atoms with E-state index in [2.05, 4.69) is 137 Å². The van der Waals surface area contributed by atoms with E-state index in [1.165, 1.54) is 69.6 Å². The van der Waals surface area contributed by atoms with E-state index in [4.69, 9.17) is 0 Å². The summed E-state index contributed by atoms with van der Waals surface area (Å²) in [5, 5.41) is 6.42. The van der Waals surface area contributed by atoms with Crippen LogP contribution in [-0.2, 0) is 0 Å². The van der Waals surface area contributed by atoms with Gasteiger partial charge in [0.15, 0.2) is 0 Å². The maximum Gasteiger partial charge on any atom is 0.0433 e. The molecule has 0 spiro atoms. The lowest BCUT2D eigenvalue weighted by molar-refractivity contribution is 1.62. The van der Waals surface area contributed by atoms with Gasteiger partial charge in [-0.15, -0.1) is 20.6 Å². The lowest BCUT2D eigenvalue weighted by Crippen LogP contribution is -1.88. The Morgan fingerprint density at radius 3 is 1.69 bits per heavy atom. The number of benzene rings is 6. The second kappa shape index (κ2) is 8.71. The molecule has 0 fully saturated rings. The first-order valence-electron chi connectivity index (χ1n) is 12.1. The van der Waals surface area contributed by atoms with E-state index < -0.39 is 0 Å². The Labute approximate surface area is 217 Å². The molecule has 2 heteroatoms. The zero-order valence-electron chi connectivity index (χ0n) is 19.6. The Kier molecular flexibility index (Phi) is 5.21. The van der Waals surface area contributed by atoms with Crippen molar-refractivity contribution in [1.29, 1.82) is 0 Å². The van der Waals surface area contributed by atoms with E-state index >= 15 is 0 Å². The number of rotatable bonds is 3. The average Bonchev–Trinajstić information content (AvgIpc) is 3.32. The summed E-state index contributed by atoms with van der Waals surface area (Å²) in [6.45, 7) is 0. The molecule has 1 atom stereocenters. The average molecular weight is 495 g/mol. The molecule has 0 saturated heterocycles. The Balaban J connectivity index is 1.23. The highest BCUT2D eigenvalue weighted by atomic mass is 32.1. The molecule has 0 bridgehead atoms. The highest BCUT2D eigenvalue weighted by Crippen LogP contribution is 2.40. The van der Waals surface area contributed by atoms with Crippen LogP contribution in [0.1, 0.15) is 0 Å². The third-order valence-electron chi connectivity index (χ3n) is 7.02. The van der Waals surface area contributed by atoms with Crippen LogP contribution >= 0.6 is 20.6 Å². The summed E-state index contributed by atoms with van der Waals surface area (Å²) in [6, 6.07) is 46.5. The molecule has 7 rings (SSSR count). The lowest BCUT2D eigenvalue weighted by Gasteiger charge is -2.09. The summed E-state index contributed by atoms with van der Waals surface area (Å²) < 4.78 is 2.71. The highest BCUT2D eigenvalue weighted by Gasteiger charge is 2.10.